The molecule has 150 valence electrons. The van der Waals surface area contributed by atoms with Gasteiger partial charge in [-0.1, -0.05) is 52.0 Å². The molecule has 3 aromatic rings. The largest absolute Gasteiger partial charge is 0.465 e. The summed E-state index contributed by atoms with van der Waals surface area (Å²) in [4.78, 5) is 16.5. The number of aromatic nitrogens is 1. The Bertz CT molecular complexity index is 1060. The molecule has 0 saturated carbocycles. The summed E-state index contributed by atoms with van der Waals surface area (Å²) in [5.41, 5.74) is 7.05. The first-order chi connectivity index (χ1) is 13.7. The van der Waals surface area contributed by atoms with Crippen LogP contribution < -0.4 is 0 Å². The minimum absolute atomic E-state index is 0.184. The Morgan fingerprint density at radius 1 is 0.931 bits per heavy atom. The summed E-state index contributed by atoms with van der Waals surface area (Å²) in [6.07, 6.45) is 2.42. The van der Waals surface area contributed by atoms with Gasteiger partial charge in [0.05, 0.1) is 18.4 Å². The molecular weight excluding hydrogens is 378 g/mol. The molecule has 0 bridgehead atoms. The predicted molar refractivity (Wildman–Crippen MR) is 120 cm³/mol. The molecule has 0 amide bonds. The molecule has 3 nitrogen and oxygen atoms in total. The molecule has 1 aliphatic carbocycles. The molecule has 1 heterocycles. The van der Waals surface area contributed by atoms with Crippen LogP contribution in [0.1, 0.15) is 62.0 Å². The van der Waals surface area contributed by atoms with Gasteiger partial charge in [-0.25, -0.2) is 9.78 Å². The Morgan fingerprint density at radius 2 is 1.55 bits per heavy atom. The highest BCUT2D eigenvalue weighted by molar-refractivity contribution is 7.13. The van der Waals surface area contributed by atoms with Crippen molar-refractivity contribution < 1.29 is 9.53 Å². The number of hydrogen-bond donors (Lipinski definition) is 0. The van der Waals surface area contributed by atoms with Crippen LogP contribution in [0.3, 0.4) is 0 Å². The highest BCUT2D eigenvalue weighted by Gasteiger charge is 2.37. The Hall–Kier alpha value is -2.46. The first kappa shape index (κ1) is 19.8. The van der Waals surface area contributed by atoms with Gasteiger partial charge in [0.15, 0.2) is 0 Å². The van der Waals surface area contributed by atoms with Crippen molar-refractivity contribution in [3.05, 3.63) is 64.5 Å². The zero-order valence-corrected chi connectivity index (χ0v) is 18.5. The Balaban J connectivity index is 1.68. The maximum absolute atomic E-state index is 11.6. The summed E-state index contributed by atoms with van der Waals surface area (Å²) in [5, 5.41) is 3.07. The molecule has 4 heteroatoms. The smallest absolute Gasteiger partial charge is 0.337 e. The highest BCUT2D eigenvalue weighted by Crippen LogP contribution is 2.46. The Labute approximate surface area is 176 Å². The van der Waals surface area contributed by atoms with Gasteiger partial charge in [-0.05, 0) is 53.0 Å². The molecule has 2 aromatic carbocycles. The van der Waals surface area contributed by atoms with Crippen molar-refractivity contribution >= 4 is 17.3 Å². The molecule has 0 radical (unpaired) electrons. The number of rotatable bonds is 3. The number of benzene rings is 2. The average molecular weight is 406 g/mol. The van der Waals surface area contributed by atoms with E-state index < -0.39 is 0 Å². The minimum Gasteiger partial charge on any atom is -0.465 e. The molecule has 0 aliphatic heterocycles. The summed E-state index contributed by atoms with van der Waals surface area (Å²) in [5.74, 6) is -0.323. The van der Waals surface area contributed by atoms with E-state index in [0.717, 1.165) is 16.3 Å². The van der Waals surface area contributed by atoms with Crippen molar-refractivity contribution in [1.29, 1.82) is 0 Å². The van der Waals surface area contributed by atoms with Crippen LogP contribution >= 0.6 is 11.3 Å². The minimum atomic E-state index is -0.323. The molecule has 29 heavy (non-hydrogen) atoms. The normalized spacial score (nSPS) is 16.9. The number of esters is 1. The third kappa shape index (κ3) is 3.62. The Morgan fingerprint density at radius 3 is 2.21 bits per heavy atom. The van der Waals surface area contributed by atoms with E-state index >= 15 is 0 Å². The Kier molecular flexibility index (Phi) is 4.86. The lowest BCUT2D eigenvalue weighted by atomic mass is 9.63. The van der Waals surface area contributed by atoms with E-state index in [0.29, 0.717) is 5.56 Å². The molecule has 0 N–H and O–H groups in total. The molecule has 0 atom stereocenters. The summed E-state index contributed by atoms with van der Waals surface area (Å²) in [6.45, 7) is 9.39. The average Bonchev–Trinajstić information content (AvgIpc) is 3.21. The van der Waals surface area contributed by atoms with Crippen LogP contribution in [-0.2, 0) is 15.6 Å². The SMILES string of the molecule is COC(=O)c1ccc(-c2nc(-c3ccc4c(c3)C(C)(C)CCC4(C)C)cs2)cc1. The molecular formula is C25H27NO2S. The summed E-state index contributed by atoms with van der Waals surface area (Å²) in [6, 6.07) is 14.3. The van der Waals surface area contributed by atoms with Crippen molar-refractivity contribution in [2.45, 2.75) is 51.4 Å². The van der Waals surface area contributed by atoms with E-state index in [2.05, 4.69) is 51.3 Å². The maximum atomic E-state index is 11.6. The lowest BCUT2D eigenvalue weighted by Gasteiger charge is -2.42. The number of ether oxygens (including phenoxy) is 1. The molecule has 0 fully saturated rings. The topological polar surface area (TPSA) is 39.2 Å². The second-order valence-electron chi connectivity index (χ2n) is 9.13. The lowest BCUT2D eigenvalue weighted by Crippen LogP contribution is -2.33. The van der Waals surface area contributed by atoms with Crippen LogP contribution in [0.4, 0.5) is 0 Å². The van der Waals surface area contributed by atoms with E-state index in [1.165, 1.54) is 36.6 Å². The maximum Gasteiger partial charge on any atom is 0.337 e. The van der Waals surface area contributed by atoms with Gasteiger partial charge in [0.25, 0.3) is 0 Å². The van der Waals surface area contributed by atoms with E-state index in [1.807, 2.05) is 12.1 Å². The molecule has 0 unspecified atom stereocenters. The van der Waals surface area contributed by atoms with Crippen LogP contribution in [0.15, 0.2) is 47.8 Å². The van der Waals surface area contributed by atoms with Gasteiger partial charge in [-0.3, -0.25) is 0 Å². The van der Waals surface area contributed by atoms with Gasteiger partial charge in [0.2, 0.25) is 0 Å². The predicted octanol–water partition coefficient (Wildman–Crippen LogP) is 6.61. The summed E-state index contributed by atoms with van der Waals surface area (Å²) < 4.78 is 4.77. The number of methoxy groups -OCH3 is 1. The molecule has 0 spiro atoms. The van der Waals surface area contributed by atoms with Crippen LogP contribution in [0, 0.1) is 0 Å². The number of nitrogens with zero attached hydrogens (tertiary/aromatic N) is 1. The molecule has 0 saturated heterocycles. The first-order valence-corrected chi connectivity index (χ1v) is 10.9. The number of carbonyl (C=O) groups is 1. The highest BCUT2D eigenvalue weighted by atomic mass is 32.1. The van der Waals surface area contributed by atoms with E-state index in [-0.39, 0.29) is 16.8 Å². The number of hydrogen-bond acceptors (Lipinski definition) is 4. The fraction of sp³-hybridized carbons (Fsp3) is 0.360. The molecule has 1 aliphatic rings. The van der Waals surface area contributed by atoms with Crippen LogP contribution in [0.5, 0.6) is 0 Å². The van der Waals surface area contributed by atoms with Crippen molar-refractivity contribution in [3.8, 4) is 21.8 Å². The van der Waals surface area contributed by atoms with Crippen LogP contribution in [0.2, 0.25) is 0 Å². The second kappa shape index (κ2) is 7.10. The fourth-order valence-corrected chi connectivity index (χ4v) is 4.99. The standard InChI is InChI=1S/C25H27NO2S/c1-24(2)12-13-25(3,4)20-14-18(10-11-19(20)24)21-15-29-22(26-21)16-6-8-17(9-7-16)23(27)28-5/h6-11,14-15H,12-13H2,1-5H3. The summed E-state index contributed by atoms with van der Waals surface area (Å²) >= 11 is 1.63. The zero-order chi connectivity index (χ0) is 20.8. The zero-order valence-electron chi connectivity index (χ0n) is 17.7. The number of carbonyl (C=O) groups excluding carboxylic acids is 1. The number of thiazole rings is 1. The monoisotopic (exact) mass is 405 g/mol. The summed E-state index contributed by atoms with van der Waals surface area (Å²) in [7, 11) is 1.39. The quantitative estimate of drug-likeness (QED) is 0.460. The van der Waals surface area contributed by atoms with E-state index in [1.54, 1.807) is 23.5 Å². The first-order valence-electron chi connectivity index (χ1n) is 10.0. The van der Waals surface area contributed by atoms with E-state index in [4.69, 9.17) is 9.72 Å². The van der Waals surface area contributed by atoms with Gasteiger partial charge >= 0.3 is 5.97 Å². The van der Waals surface area contributed by atoms with Crippen LogP contribution in [-0.4, -0.2) is 18.1 Å². The van der Waals surface area contributed by atoms with Gasteiger partial charge < -0.3 is 4.74 Å². The third-order valence-corrected chi connectivity index (χ3v) is 7.10. The number of fused-ring (bicyclic) bond motifs is 1. The van der Waals surface area contributed by atoms with E-state index in [9.17, 15) is 4.79 Å². The van der Waals surface area contributed by atoms with Crippen LogP contribution in [0.25, 0.3) is 21.8 Å². The molecule has 1 aromatic heterocycles. The van der Waals surface area contributed by atoms with Crippen molar-refractivity contribution in [2.24, 2.45) is 0 Å². The van der Waals surface area contributed by atoms with Gasteiger partial charge in [-0.15, -0.1) is 11.3 Å². The van der Waals surface area contributed by atoms with Crippen molar-refractivity contribution in [1.82, 2.24) is 4.98 Å². The second-order valence-corrected chi connectivity index (χ2v) is 9.99. The van der Waals surface area contributed by atoms with Gasteiger partial charge in [-0.2, -0.15) is 0 Å². The fourth-order valence-electron chi connectivity index (χ4n) is 4.15. The van der Waals surface area contributed by atoms with Crippen molar-refractivity contribution in [3.63, 3.8) is 0 Å². The lowest BCUT2D eigenvalue weighted by molar-refractivity contribution is 0.0601. The molecule has 4 rings (SSSR count). The third-order valence-electron chi connectivity index (χ3n) is 6.21. The van der Waals surface area contributed by atoms with Crippen molar-refractivity contribution in [2.75, 3.05) is 7.11 Å². The van der Waals surface area contributed by atoms with Gasteiger partial charge in [0.1, 0.15) is 5.01 Å². The van der Waals surface area contributed by atoms with Gasteiger partial charge in [0, 0.05) is 16.5 Å².